The maximum atomic E-state index is 10.7. The molecule has 0 saturated carbocycles. The van der Waals surface area contributed by atoms with Crippen molar-refractivity contribution in [3.63, 3.8) is 0 Å². The molecule has 3 N–H and O–H groups in total. The smallest absolute Gasteiger partial charge is 0.307 e. The first-order valence-electron chi connectivity index (χ1n) is 5.24. The van der Waals surface area contributed by atoms with Crippen molar-refractivity contribution < 1.29 is 14.7 Å². The highest BCUT2D eigenvalue weighted by molar-refractivity contribution is 5.75. The number of amides is 1. The molecule has 1 aromatic rings. The second-order valence-corrected chi connectivity index (χ2v) is 3.98. The zero-order valence-corrected chi connectivity index (χ0v) is 9.72. The summed E-state index contributed by atoms with van der Waals surface area (Å²) in [6, 6.07) is 7.28. The van der Waals surface area contributed by atoms with Gasteiger partial charge in [0.2, 0.25) is 5.91 Å². The molecule has 1 amide bonds. The van der Waals surface area contributed by atoms with E-state index >= 15 is 0 Å². The van der Waals surface area contributed by atoms with E-state index in [1.807, 2.05) is 12.1 Å². The van der Waals surface area contributed by atoms with Gasteiger partial charge >= 0.3 is 5.97 Å². The Kier molecular flexibility index (Phi) is 4.66. The minimum absolute atomic E-state index is 0.0133. The van der Waals surface area contributed by atoms with Gasteiger partial charge in [-0.2, -0.15) is 0 Å². The second-order valence-electron chi connectivity index (χ2n) is 3.98. The molecule has 0 aliphatic carbocycles. The number of carboxylic acids is 1. The van der Waals surface area contributed by atoms with Crippen LogP contribution in [0.3, 0.4) is 0 Å². The van der Waals surface area contributed by atoms with Crippen LogP contribution in [-0.4, -0.2) is 35.5 Å². The first kappa shape index (κ1) is 13.2. The lowest BCUT2D eigenvalue weighted by Gasteiger charge is -2.16. The molecule has 0 heterocycles. The highest BCUT2D eigenvalue weighted by Gasteiger charge is 2.09. The Balaban J connectivity index is 2.75. The maximum absolute atomic E-state index is 10.7. The van der Waals surface area contributed by atoms with Crippen LogP contribution in [0.4, 0.5) is 0 Å². The molecule has 0 spiro atoms. The molecule has 0 aliphatic heterocycles. The van der Waals surface area contributed by atoms with E-state index in [4.69, 9.17) is 10.8 Å². The normalized spacial score (nSPS) is 10.5. The van der Waals surface area contributed by atoms with Gasteiger partial charge in [0.1, 0.15) is 0 Å². The van der Waals surface area contributed by atoms with Crippen molar-refractivity contribution in [3.8, 4) is 0 Å². The van der Waals surface area contributed by atoms with E-state index in [-0.39, 0.29) is 13.0 Å². The number of benzene rings is 1. The van der Waals surface area contributed by atoms with E-state index in [9.17, 15) is 9.59 Å². The Bertz CT molecular complexity index is 418. The molecule has 0 aliphatic rings. The summed E-state index contributed by atoms with van der Waals surface area (Å²) in [5.41, 5.74) is 6.75. The first-order valence-corrected chi connectivity index (χ1v) is 5.24. The van der Waals surface area contributed by atoms with Gasteiger partial charge in [-0.25, -0.2) is 0 Å². The average Bonchev–Trinajstić information content (AvgIpc) is 2.18. The van der Waals surface area contributed by atoms with Crippen molar-refractivity contribution in [2.24, 2.45) is 5.73 Å². The zero-order valence-electron chi connectivity index (χ0n) is 9.72. The number of hydrogen-bond acceptors (Lipinski definition) is 3. The number of nitrogens with zero attached hydrogens (tertiary/aromatic N) is 1. The van der Waals surface area contributed by atoms with Crippen molar-refractivity contribution >= 4 is 11.9 Å². The Morgan fingerprint density at radius 2 is 1.88 bits per heavy atom. The highest BCUT2D eigenvalue weighted by atomic mass is 16.4. The predicted molar refractivity (Wildman–Crippen MR) is 63.3 cm³/mol. The lowest BCUT2D eigenvalue weighted by molar-refractivity contribution is -0.136. The van der Waals surface area contributed by atoms with Crippen molar-refractivity contribution in [3.05, 3.63) is 35.4 Å². The minimum Gasteiger partial charge on any atom is -0.481 e. The molecule has 1 aromatic carbocycles. The van der Waals surface area contributed by atoms with Gasteiger partial charge < -0.3 is 10.8 Å². The lowest BCUT2D eigenvalue weighted by Crippen LogP contribution is -2.30. The largest absolute Gasteiger partial charge is 0.481 e. The number of nitrogens with two attached hydrogens (primary N) is 1. The summed E-state index contributed by atoms with van der Waals surface area (Å²) in [7, 11) is 1.77. The van der Waals surface area contributed by atoms with E-state index in [1.165, 1.54) is 0 Å². The van der Waals surface area contributed by atoms with Crippen LogP contribution in [0.2, 0.25) is 0 Å². The average molecular weight is 236 g/mol. The molecular weight excluding hydrogens is 220 g/mol. The molecule has 5 heteroatoms. The van der Waals surface area contributed by atoms with E-state index < -0.39 is 11.9 Å². The first-order chi connectivity index (χ1) is 7.99. The standard InChI is InChI=1S/C12H16N2O3/c1-14(8-11(13)15)7-10-5-3-2-4-9(10)6-12(16)17/h2-5H,6-8H2,1H3,(H2,13,15)(H,16,17). The lowest BCUT2D eigenvalue weighted by atomic mass is 10.0. The fourth-order valence-corrected chi connectivity index (χ4v) is 1.66. The molecule has 0 atom stereocenters. The number of likely N-dealkylation sites (N-methyl/N-ethyl adjacent to an activating group) is 1. The van der Waals surface area contributed by atoms with Crippen molar-refractivity contribution in [2.45, 2.75) is 13.0 Å². The van der Waals surface area contributed by atoms with Crippen LogP contribution in [0, 0.1) is 0 Å². The van der Waals surface area contributed by atoms with Crippen LogP contribution >= 0.6 is 0 Å². The third-order valence-corrected chi connectivity index (χ3v) is 2.33. The fourth-order valence-electron chi connectivity index (χ4n) is 1.66. The number of carbonyl (C=O) groups excluding carboxylic acids is 1. The predicted octanol–water partition coefficient (Wildman–Crippen LogP) is 0.231. The molecule has 92 valence electrons. The summed E-state index contributed by atoms with van der Waals surface area (Å²) in [5, 5.41) is 8.78. The molecule has 1 rings (SSSR count). The SMILES string of the molecule is CN(CC(N)=O)Cc1ccccc1CC(=O)O. The van der Waals surface area contributed by atoms with Gasteiger partial charge in [0, 0.05) is 6.54 Å². The monoisotopic (exact) mass is 236 g/mol. The minimum atomic E-state index is -0.866. The van der Waals surface area contributed by atoms with Crippen molar-refractivity contribution in [1.29, 1.82) is 0 Å². The van der Waals surface area contributed by atoms with Crippen molar-refractivity contribution in [1.82, 2.24) is 4.90 Å². The quantitative estimate of drug-likeness (QED) is 0.740. The molecule has 5 nitrogen and oxygen atoms in total. The topological polar surface area (TPSA) is 83.6 Å². The summed E-state index contributed by atoms with van der Waals surface area (Å²) in [6.07, 6.45) is -0.0133. The van der Waals surface area contributed by atoms with Crippen LogP contribution in [0.25, 0.3) is 0 Å². The number of carboxylic acid groups (broad SMARTS) is 1. The third kappa shape index (κ3) is 4.65. The van der Waals surface area contributed by atoms with Crippen LogP contribution in [0.5, 0.6) is 0 Å². The molecule has 0 unspecified atom stereocenters. The van der Waals surface area contributed by atoms with Gasteiger partial charge in [-0.15, -0.1) is 0 Å². The Morgan fingerprint density at radius 1 is 1.29 bits per heavy atom. The number of aliphatic carboxylic acids is 1. The third-order valence-electron chi connectivity index (χ3n) is 2.33. The molecule has 0 saturated heterocycles. The summed E-state index contributed by atoms with van der Waals surface area (Å²) in [4.78, 5) is 23.2. The van der Waals surface area contributed by atoms with Gasteiger partial charge in [0.05, 0.1) is 13.0 Å². The number of primary amides is 1. The maximum Gasteiger partial charge on any atom is 0.307 e. The molecule has 0 radical (unpaired) electrons. The van der Waals surface area contributed by atoms with Crippen molar-refractivity contribution in [2.75, 3.05) is 13.6 Å². The van der Waals surface area contributed by atoms with Crippen LogP contribution in [0.1, 0.15) is 11.1 Å². The Morgan fingerprint density at radius 3 is 2.41 bits per heavy atom. The molecule has 0 bridgehead atoms. The summed E-state index contributed by atoms with van der Waals surface area (Å²) in [6.45, 7) is 0.661. The van der Waals surface area contributed by atoms with Gasteiger partial charge in [-0.1, -0.05) is 24.3 Å². The van der Waals surface area contributed by atoms with Crippen LogP contribution < -0.4 is 5.73 Å². The van der Waals surface area contributed by atoms with E-state index in [0.29, 0.717) is 6.54 Å². The fraction of sp³-hybridized carbons (Fsp3) is 0.333. The number of rotatable bonds is 6. The number of hydrogen-bond donors (Lipinski definition) is 2. The highest BCUT2D eigenvalue weighted by Crippen LogP contribution is 2.11. The van der Waals surface area contributed by atoms with Gasteiger partial charge in [-0.05, 0) is 18.2 Å². The van der Waals surface area contributed by atoms with E-state index in [2.05, 4.69) is 0 Å². The zero-order chi connectivity index (χ0) is 12.8. The van der Waals surface area contributed by atoms with Gasteiger partial charge in [0.15, 0.2) is 0 Å². The number of carbonyl (C=O) groups is 2. The summed E-state index contributed by atoms with van der Waals surface area (Å²) >= 11 is 0. The van der Waals surface area contributed by atoms with E-state index in [0.717, 1.165) is 11.1 Å². The summed E-state index contributed by atoms with van der Waals surface area (Å²) in [5.74, 6) is -1.27. The molecule has 17 heavy (non-hydrogen) atoms. The molecule has 0 aromatic heterocycles. The second kappa shape index (κ2) is 6.00. The van der Waals surface area contributed by atoms with Crippen LogP contribution in [0.15, 0.2) is 24.3 Å². The van der Waals surface area contributed by atoms with E-state index in [1.54, 1.807) is 24.1 Å². The molecule has 0 fully saturated rings. The van der Waals surface area contributed by atoms with Gasteiger partial charge in [0.25, 0.3) is 0 Å². The molecular formula is C12H16N2O3. The Hall–Kier alpha value is -1.88. The van der Waals surface area contributed by atoms with Crippen LogP contribution in [-0.2, 0) is 22.6 Å². The Labute approximate surface area is 99.8 Å². The summed E-state index contributed by atoms with van der Waals surface area (Å²) < 4.78 is 0. The van der Waals surface area contributed by atoms with Gasteiger partial charge in [-0.3, -0.25) is 14.5 Å².